The van der Waals surface area contributed by atoms with Crippen molar-refractivity contribution in [2.75, 3.05) is 5.73 Å². The van der Waals surface area contributed by atoms with Crippen LogP contribution in [0.4, 0.5) is 5.82 Å². The predicted octanol–water partition coefficient (Wildman–Crippen LogP) is -0.0614. The van der Waals surface area contributed by atoms with Gasteiger partial charge in [0.15, 0.2) is 5.65 Å². The third-order valence-corrected chi connectivity index (χ3v) is 1.79. The zero-order valence-corrected chi connectivity index (χ0v) is 7.21. The third kappa shape index (κ3) is 1.37. The van der Waals surface area contributed by atoms with E-state index in [1.165, 1.54) is 10.7 Å². The molecule has 0 aliphatic carbocycles. The summed E-state index contributed by atoms with van der Waals surface area (Å²) < 4.78 is 1.43. The fourth-order valence-electron chi connectivity index (χ4n) is 1.21. The number of carbonyl (C=O) groups is 1. The predicted molar refractivity (Wildman–Crippen MR) is 48.7 cm³/mol. The van der Waals surface area contributed by atoms with E-state index in [-0.39, 0.29) is 6.42 Å². The molecule has 6 heteroatoms. The Morgan fingerprint density at radius 1 is 1.57 bits per heavy atom. The lowest BCUT2D eigenvalue weighted by molar-refractivity contribution is -0.136. The Bertz CT molecular complexity index is 491. The van der Waals surface area contributed by atoms with Crippen molar-refractivity contribution >= 4 is 17.4 Å². The summed E-state index contributed by atoms with van der Waals surface area (Å²) in [4.78, 5) is 14.5. The number of aliphatic carboxylic acids is 1. The second-order valence-corrected chi connectivity index (χ2v) is 2.85. The topological polar surface area (TPSA) is 93.5 Å². The molecule has 2 heterocycles. The lowest BCUT2D eigenvalue weighted by Crippen LogP contribution is -2.06. The van der Waals surface area contributed by atoms with Gasteiger partial charge in [-0.25, -0.2) is 9.50 Å². The van der Waals surface area contributed by atoms with Crippen LogP contribution in [0.2, 0.25) is 0 Å². The molecular weight excluding hydrogens is 184 g/mol. The Kier molecular flexibility index (Phi) is 1.81. The first kappa shape index (κ1) is 8.49. The molecule has 0 unspecified atom stereocenters. The van der Waals surface area contributed by atoms with Crippen LogP contribution in [0.1, 0.15) is 5.69 Å². The van der Waals surface area contributed by atoms with Crippen LogP contribution >= 0.6 is 0 Å². The number of hydrogen-bond donors (Lipinski definition) is 2. The largest absolute Gasteiger partial charge is 0.481 e. The number of fused-ring (bicyclic) bond motifs is 1. The van der Waals surface area contributed by atoms with Gasteiger partial charge < -0.3 is 10.8 Å². The molecule has 0 aliphatic rings. The molecule has 0 spiro atoms. The molecule has 0 radical (unpaired) electrons. The van der Waals surface area contributed by atoms with Gasteiger partial charge in [-0.3, -0.25) is 4.79 Å². The monoisotopic (exact) mass is 192 g/mol. The van der Waals surface area contributed by atoms with Crippen molar-refractivity contribution in [2.45, 2.75) is 6.42 Å². The number of nitrogens with two attached hydrogens (primary N) is 1. The first-order chi connectivity index (χ1) is 6.66. The molecule has 0 amide bonds. The molecule has 0 saturated carbocycles. The fourth-order valence-corrected chi connectivity index (χ4v) is 1.21. The minimum absolute atomic E-state index is 0.113. The van der Waals surface area contributed by atoms with Gasteiger partial charge >= 0.3 is 5.97 Å². The van der Waals surface area contributed by atoms with Crippen molar-refractivity contribution in [3.8, 4) is 0 Å². The van der Waals surface area contributed by atoms with Gasteiger partial charge in [0, 0.05) is 0 Å². The van der Waals surface area contributed by atoms with Crippen LogP contribution in [-0.4, -0.2) is 25.7 Å². The summed E-state index contributed by atoms with van der Waals surface area (Å²) in [6.07, 6.45) is 1.37. The molecular formula is C8H8N4O2. The van der Waals surface area contributed by atoms with E-state index in [4.69, 9.17) is 10.8 Å². The van der Waals surface area contributed by atoms with Gasteiger partial charge in [-0.2, -0.15) is 0 Å². The van der Waals surface area contributed by atoms with E-state index in [1.807, 2.05) is 0 Å². The molecule has 2 rings (SSSR count). The van der Waals surface area contributed by atoms with Crippen molar-refractivity contribution in [2.24, 2.45) is 0 Å². The number of anilines is 1. The third-order valence-electron chi connectivity index (χ3n) is 1.79. The van der Waals surface area contributed by atoms with Gasteiger partial charge in [-0.1, -0.05) is 0 Å². The summed E-state index contributed by atoms with van der Waals surface area (Å²) in [6.45, 7) is 0. The minimum atomic E-state index is -0.920. The first-order valence-corrected chi connectivity index (χ1v) is 3.98. The second kappa shape index (κ2) is 2.99. The summed E-state index contributed by atoms with van der Waals surface area (Å²) in [5.74, 6) is -0.585. The number of aromatic nitrogens is 3. The molecule has 2 aromatic rings. The molecule has 6 nitrogen and oxygen atoms in total. The van der Waals surface area contributed by atoms with Crippen molar-refractivity contribution in [1.82, 2.24) is 14.6 Å². The summed E-state index contributed by atoms with van der Waals surface area (Å²) in [5.41, 5.74) is 6.58. The molecule has 0 atom stereocenters. The highest BCUT2D eigenvalue weighted by molar-refractivity contribution is 5.69. The number of nitrogens with zero attached hydrogens (tertiary/aromatic N) is 3. The molecule has 2 aromatic heterocycles. The highest BCUT2D eigenvalue weighted by Crippen LogP contribution is 2.07. The smallest absolute Gasteiger partial charge is 0.309 e. The first-order valence-electron chi connectivity index (χ1n) is 3.98. The van der Waals surface area contributed by atoms with E-state index in [1.54, 1.807) is 12.1 Å². The Morgan fingerprint density at radius 2 is 2.36 bits per heavy atom. The maximum Gasteiger partial charge on any atom is 0.309 e. The highest BCUT2D eigenvalue weighted by Gasteiger charge is 2.08. The van der Waals surface area contributed by atoms with Crippen LogP contribution in [0.3, 0.4) is 0 Å². The average molecular weight is 192 g/mol. The molecule has 0 aliphatic heterocycles. The van der Waals surface area contributed by atoms with Crippen molar-refractivity contribution in [3.63, 3.8) is 0 Å². The maximum absolute atomic E-state index is 10.5. The van der Waals surface area contributed by atoms with Crippen LogP contribution in [0, 0.1) is 0 Å². The SMILES string of the molecule is Nc1ccc2ncc(CC(=O)O)n2n1. The Morgan fingerprint density at radius 3 is 3.07 bits per heavy atom. The van der Waals surface area contributed by atoms with E-state index in [9.17, 15) is 4.79 Å². The lowest BCUT2D eigenvalue weighted by atomic mass is 10.3. The Balaban J connectivity index is 2.55. The van der Waals surface area contributed by atoms with Gasteiger partial charge in [0.25, 0.3) is 0 Å². The van der Waals surface area contributed by atoms with Crippen LogP contribution in [0.15, 0.2) is 18.3 Å². The summed E-state index contributed by atoms with van der Waals surface area (Å²) in [5, 5.41) is 12.6. The van der Waals surface area contributed by atoms with E-state index >= 15 is 0 Å². The standard InChI is InChI=1S/C8H8N4O2/c9-6-1-2-7-10-4-5(3-8(13)14)12(7)11-6/h1-2,4H,3H2,(H2,9,11)(H,13,14). The van der Waals surface area contributed by atoms with Crippen molar-refractivity contribution in [1.29, 1.82) is 0 Å². The number of carboxylic acid groups (broad SMARTS) is 1. The Labute approximate surface area is 79.0 Å². The van der Waals surface area contributed by atoms with Crippen LogP contribution in [0.25, 0.3) is 5.65 Å². The van der Waals surface area contributed by atoms with Gasteiger partial charge in [0.05, 0.1) is 18.3 Å². The number of hydrogen-bond acceptors (Lipinski definition) is 4. The minimum Gasteiger partial charge on any atom is -0.481 e. The van der Waals surface area contributed by atoms with Gasteiger partial charge in [0.1, 0.15) is 5.82 Å². The average Bonchev–Trinajstić information content (AvgIpc) is 2.47. The molecule has 0 saturated heterocycles. The van der Waals surface area contributed by atoms with Crippen LogP contribution < -0.4 is 5.73 Å². The highest BCUT2D eigenvalue weighted by atomic mass is 16.4. The summed E-state index contributed by atoms with van der Waals surface area (Å²) in [7, 11) is 0. The van der Waals surface area contributed by atoms with Crippen molar-refractivity contribution in [3.05, 3.63) is 24.0 Å². The second-order valence-electron chi connectivity index (χ2n) is 2.85. The molecule has 0 fully saturated rings. The maximum atomic E-state index is 10.5. The van der Waals surface area contributed by atoms with Gasteiger partial charge in [-0.15, -0.1) is 5.10 Å². The molecule has 0 bridgehead atoms. The van der Waals surface area contributed by atoms with E-state index in [0.717, 1.165) is 0 Å². The van der Waals surface area contributed by atoms with Crippen LogP contribution in [0.5, 0.6) is 0 Å². The van der Waals surface area contributed by atoms with Gasteiger partial charge in [0.2, 0.25) is 0 Å². The van der Waals surface area contributed by atoms with Crippen LogP contribution in [-0.2, 0) is 11.2 Å². The van der Waals surface area contributed by atoms with E-state index in [0.29, 0.717) is 17.2 Å². The summed E-state index contributed by atoms with van der Waals surface area (Å²) >= 11 is 0. The zero-order valence-electron chi connectivity index (χ0n) is 7.21. The number of rotatable bonds is 2. The Hall–Kier alpha value is -2.11. The van der Waals surface area contributed by atoms with Crippen molar-refractivity contribution < 1.29 is 9.90 Å². The van der Waals surface area contributed by atoms with E-state index in [2.05, 4.69) is 10.1 Å². The summed E-state index contributed by atoms with van der Waals surface area (Å²) in [6, 6.07) is 3.31. The molecule has 3 N–H and O–H groups in total. The number of nitrogen functional groups attached to an aromatic ring is 1. The zero-order chi connectivity index (χ0) is 10.1. The number of carboxylic acids is 1. The lowest BCUT2D eigenvalue weighted by Gasteiger charge is -1.97. The number of imidazole rings is 1. The van der Waals surface area contributed by atoms with Gasteiger partial charge in [-0.05, 0) is 12.1 Å². The normalized spacial score (nSPS) is 10.6. The molecule has 0 aromatic carbocycles. The molecule has 14 heavy (non-hydrogen) atoms. The molecule has 72 valence electrons. The fraction of sp³-hybridized carbons (Fsp3) is 0.125. The quantitative estimate of drug-likeness (QED) is 0.695. The van der Waals surface area contributed by atoms with E-state index < -0.39 is 5.97 Å².